The van der Waals surface area contributed by atoms with Gasteiger partial charge < -0.3 is 15.4 Å². The van der Waals surface area contributed by atoms with Crippen molar-refractivity contribution >= 4 is 29.1 Å². The molecule has 0 saturated carbocycles. The second-order valence-electron chi connectivity index (χ2n) is 7.85. The van der Waals surface area contributed by atoms with E-state index in [1.807, 2.05) is 54.6 Å². The number of nitrogens with one attached hydrogen (secondary N) is 2. The third kappa shape index (κ3) is 6.91. The zero-order valence-electron chi connectivity index (χ0n) is 18.9. The minimum absolute atomic E-state index is 0.0426. The number of rotatable bonds is 9. The van der Waals surface area contributed by atoms with Gasteiger partial charge in [0.05, 0.1) is 23.0 Å². The van der Waals surface area contributed by atoms with Gasteiger partial charge in [-0.1, -0.05) is 66.2 Å². The van der Waals surface area contributed by atoms with Crippen molar-refractivity contribution in [3.63, 3.8) is 0 Å². The van der Waals surface area contributed by atoms with Gasteiger partial charge in [0, 0.05) is 29.7 Å². The van der Waals surface area contributed by atoms with E-state index in [9.17, 15) is 9.59 Å². The summed E-state index contributed by atoms with van der Waals surface area (Å²) in [6.07, 6.45) is 3.49. The number of carbonyl (C=O) groups is 2. The minimum atomic E-state index is -0.537. The largest absolute Gasteiger partial charge is 0.489 e. The Labute approximate surface area is 208 Å². The number of hydrogen-bond acceptors (Lipinski definition) is 4. The number of benzene rings is 3. The van der Waals surface area contributed by atoms with Gasteiger partial charge in [0.1, 0.15) is 12.4 Å². The molecule has 0 bridgehead atoms. The van der Waals surface area contributed by atoms with Crippen LogP contribution in [0.3, 0.4) is 0 Å². The van der Waals surface area contributed by atoms with Crippen molar-refractivity contribution in [3.05, 3.63) is 125 Å². The number of aromatic nitrogens is 1. The topological polar surface area (TPSA) is 80.3 Å². The number of carbonyl (C=O) groups excluding carboxylic acids is 2. The Bertz CT molecular complexity index is 1280. The van der Waals surface area contributed by atoms with Crippen molar-refractivity contribution < 1.29 is 14.3 Å². The van der Waals surface area contributed by atoms with Crippen molar-refractivity contribution in [2.45, 2.75) is 19.1 Å². The molecule has 2 N–H and O–H groups in total. The molecule has 0 saturated heterocycles. The predicted octanol–water partition coefficient (Wildman–Crippen LogP) is 5.81. The standard InChI is InChI=1S/C28H24ClN3O3/c29-25-14-5-4-13-24(25)28(34)32-26(21-9-2-1-3-10-21)17-27(33)31-22-11-6-12-23(16-22)35-19-20-8-7-15-30-18-20/h1-16,18,26H,17,19H2,(H,31,33)(H,32,34). The average molecular weight is 486 g/mol. The van der Waals surface area contributed by atoms with Gasteiger partial charge in [-0.05, 0) is 35.9 Å². The lowest BCUT2D eigenvalue weighted by molar-refractivity contribution is -0.116. The van der Waals surface area contributed by atoms with Crippen LogP contribution in [0.5, 0.6) is 5.75 Å². The van der Waals surface area contributed by atoms with Crippen LogP contribution in [0.2, 0.25) is 5.02 Å². The van der Waals surface area contributed by atoms with Crippen LogP contribution < -0.4 is 15.4 Å². The van der Waals surface area contributed by atoms with Crippen LogP contribution >= 0.6 is 11.6 Å². The molecule has 6 nitrogen and oxygen atoms in total. The Kier molecular flexibility index (Phi) is 8.09. The monoisotopic (exact) mass is 485 g/mol. The van der Waals surface area contributed by atoms with Crippen molar-refractivity contribution in [1.82, 2.24) is 10.3 Å². The highest BCUT2D eigenvalue weighted by Crippen LogP contribution is 2.23. The number of nitrogens with zero attached hydrogens (tertiary/aromatic N) is 1. The molecule has 0 radical (unpaired) electrons. The van der Waals surface area contributed by atoms with E-state index in [1.165, 1.54) is 0 Å². The third-order valence-corrected chi connectivity index (χ3v) is 5.59. The Morgan fingerprint density at radius 1 is 0.914 bits per heavy atom. The fourth-order valence-electron chi connectivity index (χ4n) is 3.53. The maximum absolute atomic E-state index is 12.9. The maximum Gasteiger partial charge on any atom is 0.253 e. The Morgan fingerprint density at radius 2 is 1.71 bits per heavy atom. The molecule has 4 rings (SSSR count). The highest BCUT2D eigenvalue weighted by atomic mass is 35.5. The second kappa shape index (κ2) is 11.8. The van der Waals surface area contributed by atoms with Gasteiger partial charge in [-0.15, -0.1) is 0 Å². The number of amides is 2. The molecule has 1 aromatic heterocycles. The normalized spacial score (nSPS) is 11.3. The van der Waals surface area contributed by atoms with E-state index in [0.29, 0.717) is 28.6 Å². The highest BCUT2D eigenvalue weighted by molar-refractivity contribution is 6.33. The van der Waals surface area contributed by atoms with Crippen LogP contribution in [0.25, 0.3) is 0 Å². The second-order valence-corrected chi connectivity index (χ2v) is 8.25. The smallest absolute Gasteiger partial charge is 0.253 e. The molecule has 0 aliphatic heterocycles. The number of halogens is 1. The summed E-state index contributed by atoms with van der Waals surface area (Å²) in [5.74, 6) is 0.0315. The quantitative estimate of drug-likeness (QED) is 0.313. The summed E-state index contributed by atoms with van der Waals surface area (Å²) in [5.41, 5.74) is 2.72. The number of hydrogen-bond donors (Lipinski definition) is 2. The summed E-state index contributed by atoms with van der Waals surface area (Å²) in [6, 6.07) is 26.6. The zero-order chi connectivity index (χ0) is 24.5. The van der Waals surface area contributed by atoms with Crippen LogP contribution in [0.15, 0.2) is 103 Å². The molecule has 4 aromatic rings. The summed E-state index contributed by atoms with van der Waals surface area (Å²) >= 11 is 6.19. The van der Waals surface area contributed by atoms with Crippen LogP contribution in [-0.4, -0.2) is 16.8 Å². The molecule has 1 atom stereocenters. The first-order valence-corrected chi connectivity index (χ1v) is 11.5. The van der Waals surface area contributed by atoms with Gasteiger partial charge in [-0.3, -0.25) is 14.6 Å². The van der Waals surface area contributed by atoms with Gasteiger partial charge in [0.2, 0.25) is 5.91 Å². The van der Waals surface area contributed by atoms with E-state index < -0.39 is 6.04 Å². The summed E-state index contributed by atoms with van der Waals surface area (Å²) in [6.45, 7) is 0.370. The Balaban J connectivity index is 1.42. The van der Waals surface area contributed by atoms with Gasteiger partial charge in [-0.2, -0.15) is 0 Å². The summed E-state index contributed by atoms with van der Waals surface area (Å²) in [7, 11) is 0. The van der Waals surface area contributed by atoms with Gasteiger partial charge in [-0.25, -0.2) is 0 Å². The number of pyridine rings is 1. The Hall–Kier alpha value is -4.16. The number of anilines is 1. The summed E-state index contributed by atoms with van der Waals surface area (Å²) in [5, 5.41) is 6.19. The molecular formula is C28H24ClN3O3. The van der Waals surface area contributed by atoms with E-state index in [-0.39, 0.29) is 18.2 Å². The van der Waals surface area contributed by atoms with E-state index in [4.69, 9.17) is 16.3 Å². The molecule has 1 unspecified atom stereocenters. The van der Waals surface area contributed by atoms with Crippen LogP contribution in [0, 0.1) is 0 Å². The predicted molar refractivity (Wildman–Crippen MR) is 136 cm³/mol. The maximum atomic E-state index is 12.9. The minimum Gasteiger partial charge on any atom is -0.489 e. The van der Waals surface area contributed by atoms with Gasteiger partial charge in [0.15, 0.2) is 0 Å². The molecule has 0 fully saturated rings. The van der Waals surface area contributed by atoms with Crippen LogP contribution in [0.1, 0.15) is 33.9 Å². The molecule has 3 aromatic carbocycles. The van der Waals surface area contributed by atoms with Gasteiger partial charge in [0.25, 0.3) is 5.91 Å². The van der Waals surface area contributed by atoms with E-state index in [2.05, 4.69) is 15.6 Å². The first-order chi connectivity index (χ1) is 17.1. The molecule has 35 heavy (non-hydrogen) atoms. The van der Waals surface area contributed by atoms with Crippen molar-refractivity contribution in [3.8, 4) is 5.75 Å². The molecule has 1 heterocycles. The SMILES string of the molecule is O=C(CC(NC(=O)c1ccccc1Cl)c1ccccc1)Nc1cccc(OCc2cccnc2)c1. The van der Waals surface area contributed by atoms with E-state index in [1.54, 1.807) is 48.8 Å². The fourth-order valence-corrected chi connectivity index (χ4v) is 3.75. The molecule has 0 aliphatic carbocycles. The average Bonchev–Trinajstić information content (AvgIpc) is 2.88. The summed E-state index contributed by atoms with van der Waals surface area (Å²) < 4.78 is 5.82. The lowest BCUT2D eigenvalue weighted by Gasteiger charge is -2.19. The molecule has 2 amide bonds. The third-order valence-electron chi connectivity index (χ3n) is 5.26. The van der Waals surface area contributed by atoms with Crippen molar-refractivity contribution in [2.75, 3.05) is 5.32 Å². The van der Waals surface area contributed by atoms with Crippen LogP contribution in [-0.2, 0) is 11.4 Å². The fraction of sp³-hybridized carbons (Fsp3) is 0.107. The van der Waals surface area contributed by atoms with Crippen molar-refractivity contribution in [1.29, 1.82) is 0 Å². The molecule has 0 aliphatic rings. The van der Waals surface area contributed by atoms with Gasteiger partial charge >= 0.3 is 0 Å². The highest BCUT2D eigenvalue weighted by Gasteiger charge is 2.20. The molecule has 0 spiro atoms. The van der Waals surface area contributed by atoms with E-state index >= 15 is 0 Å². The molecule has 176 valence electrons. The molecular weight excluding hydrogens is 462 g/mol. The first-order valence-electron chi connectivity index (χ1n) is 11.1. The first kappa shape index (κ1) is 24.0. The van der Waals surface area contributed by atoms with E-state index in [0.717, 1.165) is 11.1 Å². The molecule has 7 heteroatoms. The lowest BCUT2D eigenvalue weighted by atomic mass is 10.0. The summed E-state index contributed by atoms with van der Waals surface area (Å²) in [4.78, 5) is 29.9. The zero-order valence-corrected chi connectivity index (χ0v) is 19.6. The Morgan fingerprint density at radius 3 is 2.49 bits per heavy atom. The van der Waals surface area contributed by atoms with Crippen LogP contribution in [0.4, 0.5) is 5.69 Å². The lowest BCUT2D eigenvalue weighted by Crippen LogP contribution is -2.31. The van der Waals surface area contributed by atoms with Crippen molar-refractivity contribution in [2.24, 2.45) is 0 Å². The number of ether oxygens (including phenoxy) is 1.